The Labute approximate surface area is 354 Å². The van der Waals surface area contributed by atoms with E-state index in [9.17, 15) is 0 Å². The minimum Gasteiger partial charge on any atom is -0.355 e. The van der Waals surface area contributed by atoms with Crippen LogP contribution in [-0.4, -0.2) is 0 Å². The number of fused-ring (bicyclic) bond motifs is 5. The van der Waals surface area contributed by atoms with Crippen molar-refractivity contribution < 1.29 is 0 Å². The van der Waals surface area contributed by atoms with Gasteiger partial charge in [0.05, 0.1) is 0 Å². The first-order valence-corrected chi connectivity index (χ1v) is 21.9. The molecule has 0 bridgehead atoms. The van der Waals surface area contributed by atoms with Gasteiger partial charge < -0.3 is 10.6 Å². The van der Waals surface area contributed by atoms with Gasteiger partial charge in [0.1, 0.15) is 0 Å². The molecule has 6 aromatic carbocycles. The Bertz CT molecular complexity index is 2510. The minimum absolute atomic E-state index is 0.0538. The molecule has 9 rings (SSSR count). The van der Waals surface area contributed by atoms with Gasteiger partial charge in [-0.1, -0.05) is 182 Å². The Kier molecular flexibility index (Phi) is 8.33. The third-order valence-corrected chi connectivity index (χ3v) is 17.7. The van der Waals surface area contributed by atoms with Gasteiger partial charge in [0.2, 0.25) is 0 Å². The first kappa shape index (κ1) is 39.4. The maximum atomic E-state index is 3.87. The Morgan fingerprint density at radius 1 is 0.305 bits per heavy atom. The Hall–Kier alpha value is -5.08. The topological polar surface area (TPSA) is 24.1 Å². The highest BCUT2D eigenvalue weighted by Crippen LogP contribution is 2.63. The number of benzene rings is 6. The highest BCUT2D eigenvalue weighted by Gasteiger charge is 2.58. The number of hydrogen-bond donors (Lipinski definition) is 2. The molecular weight excluding hydrogens is 713 g/mol. The van der Waals surface area contributed by atoms with Crippen molar-refractivity contribution in [3.05, 3.63) is 155 Å². The van der Waals surface area contributed by atoms with Crippen LogP contribution in [0, 0.1) is 10.8 Å². The smallest absolute Gasteiger partial charge is 0.0463 e. The summed E-state index contributed by atoms with van der Waals surface area (Å²) < 4.78 is 0. The van der Waals surface area contributed by atoms with E-state index in [1.165, 1.54) is 66.8 Å². The molecule has 0 aromatic heterocycles. The van der Waals surface area contributed by atoms with Crippen LogP contribution in [0.2, 0.25) is 0 Å². The van der Waals surface area contributed by atoms with Crippen LogP contribution in [0.25, 0.3) is 33.4 Å². The van der Waals surface area contributed by atoms with Crippen molar-refractivity contribution in [1.29, 1.82) is 0 Å². The molecule has 0 fully saturated rings. The summed E-state index contributed by atoms with van der Waals surface area (Å²) in [6, 6.07) is 45.8. The lowest BCUT2D eigenvalue weighted by Gasteiger charge is -2.44. The SMILES string of the molecule is CC1(C)c2cc(Nc3ccccc3-c3ccc4c(c3)C(C)(C)C(C)(C)C4(C)C)ccc2-c2ccc(Nc3ccccc3-c3ccc4c(c3)C(C)(C)C(C)(C)C4(C)C)cc21. The molecule has 6 aromatic rings. The van der Waals surface area contributed by atoms with Crippen LogP contribution in [0.3, 0.4) is 0 Å². The van der Waals surface area contributed by atoms with E-state index in [1.807, 2.05) is 0 Å². The lowest BCUT2D eigenvalue weighted by Crippen LogP contribution is -2.42. The largest absolute Gasteiger partial charge is 0.355 e. The van der Waals surface area contributed by atoms with E-state index in [0.717, 1.165) is 22.7 Å². The highest BCUT2D eigenvalue weighted by molar-refractivity contribution is 5.88. The molecule has 2 nitrogen and oxygen atoms in total. The molecule has 0 radical (unpaired) electrons. The fourth-order valence-electron chi connectivity index (χ4n) is 11.3. The summed E-state index contributed by atoms with van der Waals surface area (Å²) in [5.74, 6) is 0. The second-order valence-corrected chi connectivity index (χ2v) is 21.8. The Balaban J connectivity index is 1.00. The molecular formula is C57H64N2. The fraction of sp³-hybridized carbons (Fsp3) is 0.368. The van der Waals surface area contributed by atoms with Crippen LogP contribution >= 0.6 is 0 Å². The maximum Gasteiger partial charge on any atom is 0.0463 e. The summed E-state index contributed by atoms with van der Waals surface area (Å²) in [5.41, 5.74) is 21.0. The van der Waals surface area contributed by atoms with E-state index < -0.39 is 0 Å². The number of para-hydroxylation sites is 2. The fourth-order valence-corrected chi connectivity index (χ4v) is 11.3. The standard InChI is InChI=1S/C57H64N2/c1-51(2)45-33-37(58-49-21-17-15-19-39(49)35-23-29-43-47(31-35)54(7,8)56(11,12)52(43,3)4)25-27-41(45)42-28-26-38(34-46(42)51)59-50-22-18-16-20-40(50)36-24-30-44-48(32-36)55(9,10)57(13,14)53(44,5)6/h15-34,58-59H,1-14H3. The van der Waals surface area contributed by atoms with Crippen LogP contribution in [0.1, 0.15) is 130 Å². The van der Waals surface area contributed by atoms with Crippen molar-refractivity contribution in [2.24, 2.45) is 10.8 Å². The second kappa shape index (κ2) is 12.5. The Morgan fingerprint density at radius 3 is 1.05 bits per heavy atom. The van der Waals surface area contributed by atoms with Crippen molar-refractivity contribution in [1.82, 2.24) is 0 Å². The van der Waals surface area contributed by atoms with E-state index in [2.05, 4.69) is 229 Å². The minimum atomic E-state index is -0.171. The zero-order chi connectivity index (χ0) is 42.3. The summed E-state index contributed by atoms with van der Waals surface area (Å²) in [7, 11) is 0. The summed E-state index contributed by atoms with van der Waals surface area (Å²) in [6.07, 6.45) is 0. The van der Waals surface area contributed by atoms with Gasteiger partial charge in [-0.05, 0) is 125 Å². The molecule has 59 heavy (non-hydrogen) atoms. The van der Waals surface area contributed by atoms with Gasteiger partial charge in [0.15, 0.2) is 0 Å². The van der Waals surface area contributed by atoms with Gasteiger partial charge in [0, 0.05) is 39.3 Å². The molecule has 3 aliphatic rings. The molecule has 302 valence electrons. The van der Waals surface area contributed by atoms with Crippen molar-refractivity contribution >= 4 is 22.7 Å². The zero-order valence-corrected chi connectivity index (χ0v) is 38.0. The van der Waals surface area contributed by atoms with Crippen LogP contribution in [0.5, 0.6) is 0 Å². The molecule has 0 atom stereocenters. The molecule has 0 heterocycles. The van der Waals surface area contributed by atoms with Crippen LogP contribution < -0.4 is 10.6 Å². The number of rotatable bonds is 6. The lowest BCUT2D eigenvalue weighted by molar-refractivity contribution is 0.125. The predicted molar refractivity (Wildman–Crippen MR) is 254 cm³/mol. The molecule has 0 spiro atoms. The molecule has 0 amide bonds. The van der Waals surface area contributed by atoms with E-state index in [4.69, 9.17) is 0 Å². The van der Waals surface area contributed by atoms with E-state index in [-0.39, 0.29) is 37.9 Å². The summed E-state index contributed by atoms with van der Waals surface area (Å²) in [5, 5.41) is 7.74. The average molecular weight is 777 g/mol. The monoisotopic (exact) mass is 777 g/mol. The summed E-state index contributed by atoms with van der Waals surface area (Å²) >= 11 is 0. The molecule has 0 aliphatic heterocycles. The molecule has 3 aliphatic carbocycles. The van der Waals surface area contributed by atoms with Gasteiger partial charge in [-0.15, -0.1) is 0 Å². The van der Waals surface area contributed by atoms with Gasteiger partial charge in [0.25, 0.3) is 0 Å². The van der Waals surface area contributed by atoms with Gasteiger partial charge >= 0.3 is 0 Å². The van der Waals surface area contributed by atoms with Crippen molar-refractivity contribution in [3.8, 4) is 33.4 Å². The van der Waals surface area contributed by atoms with Gasteiger partial charge in [-0.3, -0.25) is 0 Å². The zero-order valence-electron chi connectivity index (χ0n) is 38.0. The summed E-state index contributed by atoms with van der Waals surface area (Å²) in [4.78, 5) is 0. The lowest BCUT2D eigenvalue weighted by atomic mass is 9.59. The molecule has 2 heteroatoms. The van der Waals surface area contributed by atoms with E-state index in [1.54, 1.807) is 0 Å². The van der Waals surface area contributed by atoms with Crippen LogP contribution in [0.15, 0.2) is 121 Å². The number of nitrogens with one attached hydrogen (secondary N) is 2. The van der Waals surface area contributed by atoms with Gasteiger partial charge in [-0.2, -0.15) is 0 Å². The average Bonchev–Trinajstić information content (AvgIpc) is 3.52. The summed E-state index contributed by atoms with van der Waals surface area (Å²) in [6.45, 7) is 33.8. The first-order valence-electron chi connectivity index (χ1n) is 21.9. The molecule has 0 saturated heterocycles. The van der Waals surface area contributed by atoms with Crippen molar-refractivity contribution in [3.63, 3.8) is 0 Å². The van der Waals surface area contributed by atoms with Crippen LogP contribution in [0.4, 0.5) is 22.7 Å². The van der Waals surface area contributed by atoms with Gasteiger partial charge in [-0.25, -0.2) is 0 Å². The van der Waals surface area contributed by atoms with E-state index >= 15 is 0 Å². The van der Waals surface area contributed by atoms with Crippen molar-refractivity contribution in [2.45, 2.75) is 124 Å². The quantitative estimate of drug-likeness (QED) is 0.176. The number of anilines is 4. The Morgan fingerprint density at radius 2 is 0.661 bits per heavy atom. The van der Waals surface area contributed by atoms with E-state index in [0.29, 0.717) is 0 Å². The highest BCUT2D eigenvalue weighted by atomic mass is 14.9. The molecule has 0 unspecified atom stereocenters. The second-order valence-electron chi connectivity index (χ2n) is 21.8. The molecule has 2 N–H and O–H groups in total. The normalized spacial score (nSPS) is 20.0. The predicted octanol–water partition coefficient (Wildman–Crippen LogP) is 16.0. The first-order chi connectivity index (χ1) is 27.5. The number of hydrogen-bond acceptors (Lipinski definition) is 2. The van der Waals surface area contributed by atoms with Crippen molar-refractivity contribution in [2.75, 3.05) is 10.6 Å². The third kappa shape index (κ3) is 5.30. The maximum absolute atomic E-state index is 3.87. The third-order valence-electron chi connectivity index (χ3n) is 17.7. The molecule has 0 saturated carbocycles. The van der Waals surface area contributed by atoms with Crippen LogP contribution in [-0.2, 0) is 27.1 Å².